The average Bonchev–Trinajstić information content (AvgIpc) is 1.79. The normalized spacial score (nSPS) is 13.9. The first-order valence-corrected chi connectivity index (χ1v) is 5.43. The van der Waals surface area contributed by atoms with Crippen LogP contribution in [0.25, 0.3) is 0 Å². The van der Waals surface area contributed by atoms with Crippen LogP contribution < -0.4 is 34.9 Å². The van der Waals surface area contributed by atoms with Gasteiger partial charge in [0.2, 0.25) is 5.91 Å². The molecule has 0 spiro atoms. The van der Waals surface area contributed by atoms with Gasteiger partial charge in [0.25, 0.3) is 0 Å². The van der Waals surface area contributed by atoms with E-state index in [4.69, 9.17) is 5.11 Å². The van der Waals surface area contributed by atoms with Crippen molar-refractivity contribution >= 4 is 16.0 Å². The van der Waals surface area contributed by atoms with Gasteiger partial charge in [-0.15, -0.1) is 0 Å². The second kappa shape index (κ2) is 6.17. The molecule has 0 aromatic heterocycles. The first-order valence-electron chi connectivity index (χ1n) is 3.96. The smallest absolute Gasteiger partial charge is 0.746 e. The van der Waals surface area contributed by atoms with Crippen molar-refractivity contribution in [1.29, 1.82) is 0 Å². The van der Waals surface area contributed by atoms with Crippen molar-refractivity contribution in [2.45, 2.75) is 38.2 Å². The van der Waals surface area contributed by atoms with Crippen LogP contribution in [0.5, 0.6) is 0 Å². The Balaban J connectivity index is 0. The Hall–Kier alpha value is 0.340. The monoisotopic (exact) mass is 247 g/mol. The summed E-state index contributed by atoms with van der Waals surface area (Å²) in [5.41, 5.74) is -2.70. The van der Waals surface area contributed by atoms with Gasteiger partial charge >= 0.3 is 29.6 Å². The van der Waals surface area contributed by atoms with E-state index in [1.54, 1.807) is 20.8 Å². The fraction of sp³-hybridized carbons (Fsp3) is 0.857. The first kappa shape index (κ1) is 17.7. The van der Waals surface area contributed by atoms with Crippen LogP contribution in [0.1, 0.15) is 27.2 Å². The summed E-state index contributed by atoms with van der Waals surface area (Å²) in [6.07, 6.45) is -0.733. The molecular weight excluding hydrogens is 233 g/mol. The number of carbonyl (C=O) groups is 1. The summed E-state index contributed by atoms with van der Waals surface area (Å²) in [7, 11) is -4.81. The van der Waals surface area contributed by atoms with Gasteiger partial charge in [0.15, 0.2) is 5.44 Å². The van der Waals surface area contributed by atoms with Gasteiger partial charge in [0.05, 0.1) is 6.42 Å². The van der Waals surface area contributed by atoms with Crippen LogP contribution in [0.2, 0.25) is 0 Å². The summed E-state index contributed by atoms with van der Waals surface area (Å²) >= 11 is 0. The predicted octanol–water partition coefficient (Wildman–Crippen LogP) is -3.84. The molecule has 0 aliphatic heterocycles. The zero-order chi connectivity index (χ0) is 11.6. The maximum atomic E-state index is 11.0. The summed E-state index contributed by atoms with van der Waals surface area (Å²) in [6.45, 7) is 5.09. The summed E-state index contributed by atoms with van der Waals surface area (Å²) in [4.78, 5) is 11.0. The standard InChI is InChI=1S/C7H15NO5S.Na/c1-7(2,3)8-5(9)4-6(10)14(11,12)13;/h6,10H,4H2,1-3H3,(H,8,9)(H,11,12,13);/q;+1/p-1. The summed E-state index contributed by atoms with van der Waals surface area (Å²) in [5, 5.41) is 11.2. The molecule has 0 heterocycles. The zero-order valence-electron chi connectivity index (χ0n) is 9.27. The van der Waals surface area contributed by atoms with E-state index in [1.807, 2.05) is 0 Å². The van der Waals surface area contributed by atoms with Crippen LogP contribution in [0.15, 0.2) is 0 Å². The van der Waals surface area contributed by atoms with Gasteiger partial charge in [-0.25, -0.2) is 8.42 Å². The van der Waals surface area contributed by atoms with Crippen molar-refractivity contribution in [3.63, 3.8) is 0 Å². The van der Waals surface area contributed by atoms with E-state index in [0.717, 1.165) is 0 Å². The molecule has 1 amide bonds. The van der Waals surface area contributed by atoms with Gasteiger partial charge in [0.1, 0.15) is 10.1 Å². The van der Waals surface area contributed by atoms with E-state index in [1.165, 1.54) is 0 Å². The quantitative estimate of drug-likeness (QED) is 0.392. The minimum Gasteiger partial charge on any atom is -0.746 e. The van der Waals surface area contributed by atoms with Crippen molar-refractivity contribution in [2.75, 3.05) is 0 Å². The van der Waals surface area contributed by atoms with Gasteiger partial charge in [-0.05, 0) is 20.8 Å². The number of carbonyl (C=O) groups excluding carboxylic acids is 1. The number of hydrogen-bond acceptors (Lipinski definition) is 5. The minimum atomic E-state index is -4.81. The molecule has 0 aromatic carbocycles. The molecule has 0 saturated heterocycles. The van der Waals surface area contributed by atoms with Crippen LogP contribution in [-0.2, 0) is 14.9 Å². The molecule has 0 aliphatic carbocycles. The molecule has 0 saturated carbocycles. The van der Waals surface area contributed by atoms with Crippen LogP contribution in [0.3, 0.4) is 0 Å². The molecule has 0 aromatic rings. The van der Waals surface area contributed by atoms with Crippen molar-refractivity contribution in [2.24, 2.45) is 0 Å². The Morgan fingerprint density at radius 1 is 1.47 bits per heavy atom. The molecule has 0 radical (unpaired) electrons. The number of rotatable bonds is 3. The Labute approximate surface area is 111 Å². The van der Waals surface area contributed by atoms with Gasteiger partial charge < -0.3 is 15.0 Å². The number of aliphatic hydroxyl groups excluding tert-OH is 1. The molecule has 1 atom stereocenters. The number of aliphatic hydroxyl groups is 1. The molecule has 6 nitrogen and oxygen atoms in total. The van der Waals surface area contributed by atoms with Gasteiger partial charge in [-0.2, -0.15) is 0 Å². The van der Waals surface area contributed by atoms with Crippen LogP contribution in [0, 0.1) is 0 Å². The van der Waals surface area contributed by atoms with Crippen LogP contribution >= 0.6 is 0 Å². The van der Waals surface area contributed by atoms with E-state index in [0.29, 0.717) is 0 Å². The maximum Gasteiger partial charge on any atom is 1.00 e. The van der Waals surface area contributed by atoms with Gasteiger partial charge in [-0.1, -0.05) is 0 Å². The van der Waals surface area contributed by atoms with Crippen LogP contribution in [0.4, 0.5) is 0 Å². The number of nitrogens with one attached hydrogen (secondary N) is 1. The molecule has 0 rings (SSSR count). The second-order valence-electron chi connectivity index (χ2n) is 3.95. The molecule has 0 fully saturated rings. The third-order valence-corrected chi connectivity index (χ3v) is 2.04. The number of hydrogen-bond donors (Lipinski definition) is 2. The van der Waals surface area contributed by atoms with E-state index in [-0.39, 0.29) is 29.6 Å². The Morgan fingerprint density at radius 3 is 2.13 bits per heavy atom. The van der Waals surface area contributed by atoms with Gasteiger partial charge in [-0.3, -0.25) is 4.79 Å². The van der Waals surface area contributed by atoms with Crippen molar-refractivity contribution in [3.8, 4) is 0 Å². The SMILES string of the molecule is CC(C)(C)NC(=O)CC(O)S(=O)(=O)[O-].[Na+]. The molecule has 2 N–H and O–H groups in total. The largest absolute Gasteiger partial charge is 1.00 e. The predicted molar refractivity (Wildman–Crippen MR) is 48.2 cm³/mol. The van der Waals surface area contributed by atoms with E-state index < -0.39 is 33.4 Å². The molecule has 84 valence electrons. The molecule has 0 aliphatic rings. The summed E-state index contributed by atoms with van der Waals surface area (Å²) < 4.78 is 30.7. The molecular formula is C7H14NNaO5S. The third kappa shape index (κ3) is 9.28. The number of amides is 1. The Morgan fingerprint density at radius 2 is 1.87 bits per heavy atom. The van der Waals surface area contributed by atoms with Crippen molar-refractivity contribution < 1.29 is 52.4 Å². The minimum absolute atomic E-state index is 0. The fourth-order valence-electron chi connectivity index (χ4n) is 0.730. The first-order chi connectivity index (χ1) is 6.02. The summed E-state index contributed by atoms with van der Waals surface area (Å²) in [5.74, 6) is -0.676. The average molecular weight is 247 g/mol. The van der Waals surface area contributed by atoms with Crippen molar-refractivity contribution in [1.82, 2.24) is 5.32 Å². The summed E-state index contributed by atoms with van der Waals surface area (Å²) in [6, 6.07) is 0. The zero-order valence-corrected chi connectivity index (χ0v) is 12.1. The third-order valence-electron chi connectivity index (χ3n) is 1.21. The molecule has 1 unspecified atom stereocenters. The van der Waals surface area contributed by atoms with Crippen molar-refractivity contribution in [3.05, 3.63) is 0 Å². The topological polar surface area (TPSA) is 107 Å². The Bertz CT molecular complexity index is 308. The van der Waals surface area contributed by atoms with E-state index in [9.17, 15) is 17.8 Å². The second-order valence-corrected chi connectivity index (χ2v) is 5.48. The van der Waals surface area contributed by atoms with E-state index in [2.05, 4.69) is 5.32 Å². The molecule has 8 heteroatoms. The molecule has 15 heavy (non-hydrogen) atoms. The fourth-order valence-corrected chi connectivity index (χ4v) is 1.09. The van der Waals surface area contributed by atoms with E-state index >= 15 is 0 Å². The van der Waals surface area contributed by atoms with Crippen LogP contribution in [-0.4, -0.2) is 35.0 Å². The maximum absolute atomic E-state index is 11.0. The van der Waals surface area contributed by atoms with Gasteiger partial charge in [0, 0.05) is 5.54 Å². The molecule has 0 bridgehead atoms. The Kier molecular flexibility index (Phi) is 7.29.